The molecule has 0 aliphatic carbocycles. The van der Waals surface area contributed by atoms with Crippen LogP contribution in [-0.2, 0) is 10.0 Å². The maximum atomic E-state index is 12.1. The normalized spacial score (nSPS) is 11.0. The molecule has 0 heterocycles. The van der Waals surface area contributed by atoms with E-state index in [4.69, 9.17) is 11.6 Å². The van der Waals surface area contributed by atoms with Crippen molar-refractivity contribution in [3.8, 4) is 0 Å². The molecule has 0 bridgehead atoms. The number of sulfonamides is 1. The van der Waals surface area contributed by atoms with Gasteiger partial charge in [0.1, 0.15) is 6.29 Å². The highest BCUT2D eigenvalue weighted by Gasteiger charge is 2.13. The Hall–Kier alpha value is -1.85. The van der Waals surface area contributed by atoms with Crippen molar-refractivity contribution in [1.82, 2.24) is 0 Å². The third kappa shape index (κ3) is 3.33. The van der Waals surface area contributed by atoms with Gasteiger partial charge in [0.25, 0.3) is 10.0 Å². The molecule has 6 heteroatoms. The molecular weight excluding hydrogens is 286 g/mol. The van der Waals surface area contributed by atoms with Crippen LogP contribution in [0.5, 0.6) is 0 Å². The fourth-order valence-electron chi connectivity index (χ4n) is 1.46. The molecule has 0 saturated heterocycles. The van der Waals surface area contributed by atoms with Crippen molar-refractivity contribution in [1.29, 1.82) is 0 Å². The molecule has 2 rings (SSSR count). The van der Waals surface area contributed by atoms with Crippen LogP contribution < -0.4 is 4.72 Å². The van der Waals surface area contributed by atoms with Gasteiger partial charge in [-0.3, -0.25) is 9.52 Å². The van der Waals surface area contributed by atoms with Crippen LogP contribution in [0.2, 0.25) is 5.02 Å². The van der Waals surface area contributed by atoms with Crippen molar-refractivity contribution in [3.05, 3.63) is 59.1 Å². The van der Waals surface area contributed by atoms with E-state index in [-0.39, 0.29) is 4.90 Å². The molecule has 0 aliphatic rings. The summed E-state index contributed by atoms with van der Waals surface area (Å²) in [5.74, 6) is 0. The van der Waals surface area contributed by atoms with Crippen molar-refractivity contribution in [2.24, 2.45) is 0 Å². The Kier molecular flexibility index (Phi) is 3.87. The first-order valence-corrected chi connectivity index (χ1v) is 7.21. The molecule has 0 aliphatic heterocycles. The highest BCUT2D eigenvalue weighted by Crippen LogP contribution is 2.18. The standard InChI is InChI=1S/C13H10ClNO3S/c14-11-3-5-12(6-4-11)15-19(17,18)13-7-1-10(9-16)2-8-13/h1-9,15H. The molecule has 19 heavy (non-hydrogen) atoms. The number of nitrogens with one attached hydrogen (secondary N) is 1. The molecule has 98 valence electrons. The second-order valence-electron chi connectivity index (χ2n) is 3.80. The zero-order chi connectivity index (χ0) is 13.9. The van der Waals surface area contributed by atoms with Crippen LogP contribution in [0.4, 0.5) is 5.69 Å². The summed E-state index contributed by atoms with van der Waals surface area (Å²) in [6.45, 7) is 0. The predicted molar refractivity (Wildman–Crippen MR) is 74.1 cm³/mol. The Labute approximate surface area is 116 Å². The number of benzene rings is 2. The van der Waals surface area contributed by atoms with E-state index >= 15 is 0 Å². The second kappa shape index (κ2) is 5.42. The quantitative estimate of drug-likeness (QED) is 0.882. The van der Waals surface area contributed by atoms with Crippen LogP contribution in [-0.4, -0.2) is 14.7 Å². The molecule has 4 nitrogen and oxygen atoms in total. The lowest BCUT2D eigenvalue weighted by molar-refractivity contribution is 0.112. The van der Waals surface area contributed by atoms with Crippen molar-refractivity contribution >= 4 is 33.6 Å². The first-order chi connectivity index (χ1) is 9.01. The number of anilines is 1. The lowest BCUT2D eigenvalue weighted by Crippen LogP contribution is -2.12. The third-order valence-corrected chi connectivity index (χ3v) is 4.07. The molecule has 1 N–H and O–H groups in total. The van der Waals surface area contributed by atoms with E-state index in [1.165, 1.54) is 24.3 Å². The van der Waals surface area contributed by atoms with Crippen molar-refractivity contribution in [2.75, 3.05) is 4.72 Å². The van der Waals surface area contributed by atoms with Crippen LogP contribution in [0.25, 0.3) is 0 Å². The Morgan fingerprint density at radius 2 is 1.53 bits per heavy atom. The molecule has 0 aromatic heterocycles. The lowest BCUT2D eigenvalue weighted by atomic mass is 10.2. The van der Waals surface area contributed by atoms with E-state index in [1.54, 1.807) is 24.3 Å². The van der Waals surface area contributed by atoms with E-state index in [1.807, 2.05) is 0 Å². The predicted octanol–water partition coefficient (Wildman–Crippen LogP) is 2.95. The smallest absolute Gasteiger partial charge is 0.261 e. The van der Waals surface area contributed by atoms with Crippen LogP contribution in [0.3, 0.4) is 0 Å². The van der Waals surface area contributed by atoms with Gasteiger partial charge in [-0.15, -0.1) is 0 Å². The van der Waals surface area contributed by atoms with Gasteiger partial charge in [0.2, 0.25) is 0 Å². The molecule has 0 unspecified atom stereocenters. The number of carbonyl (C=O) groups excluding carboxylic acids is 1. The van der Waals surface area contributed by atoms with Crippen LogP contribution in [0.1, 0.15) is 10.4 Å². The highest BCUT2D eigenvalue weighted by molar-refractivity contribution is 7.92. The Morgan fingerprint density at radius 1 is 0.947 bits per heavy atom. The molecule has 2 aromatic carbocycles. The number of rotatable bonds is 4. The monoisotopic (exact) mass is 295 g/mol. The molecule has 0 radical (unpaired) electrons. The molecule has 2 aromatic rings. The zero-order valence-corrected chi connectivity index (χ0v) is 11.3. The number of hydrogen-bond donors (Lipinski definition) is 1. The average molecular weight is 296 g/mol. The van der Waals surface area contributed by atoms with Gasteiger partial charge in [-0.2, -0.15) is 0 Å². The maximum absolute atomic E-state index is 12.1. The average Bonchev–Trinajstić information content (AvgIpc) is 2.41. The Morgan fingerprint density at radius 3 is 2.05 bits per heavy atom. The van der Waals surface area contributed by atoms with E-state index in [9.17, 15) is 13.2 Å². The maximum Gasteiger partial charge on any atom is 0.261 e. The molecule has 0 saturated carbocycles. The van der Waals surface area contributed by atoms with Gasteiger partial charge >= 0.3 is 0 Å². The van der Waals surface area contributed by atoms with Gasteiger partial charge < -0.3 is 0 Å². The SMILES string of the molecule is O=Cc1ccc(S(=O)(=O)Nc2ccc(Cl)cc2)cc1. The summed E-state index contributed by atoms with van der Waals surface area (Å²) in [6, 6.07) is 12.0. The largest absolute Gasteiger partial charge is 0.298 e. The van der Waals surface area contributed by atoms with Crippen molar-refractivity contribution < 1.29 is 13.2 Å². The van der Waals surface area contributed by atoms with Gasteiger partial charge in [0.15, 0.2) is 0 Å². The minimum atomic E-state index is -3.66. The number of hydrogen-bond acceptors (Lipinski definition) is 3. The molecule has 0 atom stereocenters. The topological polar surface area (TPSA) is 63.2 Å². The molecule has 0 spiro atoms. The van der Waals surface area contributed by atoms with Crippen LogP contribution in [0, 0.1) is 0 Å². The Bertz CT molecular complexity index is 679. The molecule has 0 amide bonds. The third-order valence-electron chi connectivity index (χ3n) is 2.42. The van der Waals surface area contributed by atoms with Crippen molar-refractivity contribution in [3.63, 3.8) is 0 Å². The zero-order valence-electron chi connectivity index (χ0n) is 9.71. The summed E-state index contributed by atoms with van der Waals surface area (Å²) in [6.07, 6.45) is 0.656. The first kappa shape index (κ1) is 13.6. The van der Waals surface area contributed by atoms with E-state index < -0.39 is 10.0 Å². The number of carbonyl (C=O) groups is 1. The fraction of sp³-hybridized carbons (Fsp3) is 0. The summed E-state index contributed by atoms with van der Waals surface area (Å²) in [5, 5.41) is 0.526. The minimum absolute atomic E-state index is 0.0908. The Balaban J connectivity index is 2.26. The van der Waals surface area contributed by atoms with Gasteiger partial charge in [-0.05, 0) is 36.4 Å². The van der Waals surface area contributed by atoms with Crippen molar-refractivity contribution in [2.45, 2.75) is 4.90 Å². The van der Waals surface area contributed by atoms with Gasteiger partial charge in [0, 0.05) is 16.3 Å². The van der Waals surface area contributed by atoms with Crippen LogP contribution in [0.15, 0.2) is 53.4 Å². The number of aldehydes is 1. The van der Waals surface area contributed by atoms with Gasteiger partial charge in [-0.25, -0.2) is 8.42 Å². The van der Waals surface area contributed by atoms with Crippen LogP contribution >= 0.6 is 11.6 Å². The molecular formula is C13H10ClNO3S. The fourth-order valence-corrected chi connectivity index (χ4v) is 2.64. The second-order valence-corrected chi connectivity index (χ2v) is 5.92. The summed E-state index contributed by atoms with van der Waals surface area (Å²) in [5.41, 5.74) is 0.842. The summed E-state index contributed by atoms with van der Waals surface area (Å²) in [4.78, 5) is 10.6. The lowest BCUT2D eigenvalue weighted by Gasteiger charge is -2.08. The minimum Gasteiger partial charge on any atom is -0.298 e. The van der Waals surface area contributed by atoms with E-state index in [2.05, 4.69) is 4.72 Å². The van der Waals surface area contributed by atoms with E-state index in [0.717, 1.165) is 0 Å². The summed E-state index contributed by atoms with van der Waals surface area (Å²) < 4.78 is 26.5. The first-order valence-electron chi connectivity index (χ1n) is 5.35. The van der Waals surface area contributed by atoms with Gasteiger partial charge in [0.05, 0.1) is 4.90 Å². The molecule has 0 fully saturated rings. The summed E-state index contributed by atoms with van der Waals surface area (Å²) in [7, 11) is -3.66. The highest BCUT2D eigenvalue weighted by atomic mass is 35.5. The van der Waals surface area contributed by atoms with E-state index in [0.29, 0.717) is 22.6 Å². The van der Waals surface area contributed by atoms with Gasteiger partial charge in [-0.1, -0.05) is 23.7 Å². The number of halogens is 1. The summed E-state index contributed by atoms with van der Waals surface area (Å²) >= 11 is 5.72.